The number of benzene rings is 1. The number of fused-ring (bicyclic) bond motifs is 2. The number of carbonyl (C=O) groups excluding carboxylic acids is 1. The summed E-state index contributed by atoms with van der Waals surface area (Å²) in [5.41, 5.74) is 0.797. The van der Waals surface area contributed by atoms with E-state index in [-0.39, 0.29) is 17.5 Å². The average Bonchev–Trinajstić information content (AvgIpc) is 2.68. The number of halogens is 1. The van der Waals surface area contributed by atoms with Gasteiger partial charge in [-0.3, -0.25) is 4.79 Å². The summed E-state index contributed by atoms with van der Waals surface area (Å²) in [5, 5.41) is 3.54. The van der Waals surface area contributed by atoms with Crippen molar-refractivity contribution in [2.75, 3.05) is 0 Å². The first-order chi connectivity index (χ1) is 8.70. The Morgan fingerprint density at radius 3 is 2.67 bits per heavy atom. The fourth-order valence-corrected chi connectivity index (χ4v) is 3.31. The molecule has 0 saturated carbocycles. The van der Waals surface area contributed by atoms with Crippen LogP contribution in [0.3, 0.4) is 0 Å². The van der Waals surface area contributed by atoms with Crippen LogP contribution in [0.1, 0.15) is 31.2 Å². The smallest absolute Gasteiger partial charge is 0.140 e. The monoisotopic (exact) mass is 247 g/mol. The van der Waals surface area contributed by atoms with Crippen molar-refractivity contribution in [1.82, 2.24) is 5.32 Å². The van der Waals surface area contributed by atoms with E-state index >= 15 is 0 Å². The summed E-state index contributed by atoms with van der Waals surface area (Å²) in [6.45, 7) is 0. The van der Waals surface area contributed by atoms with Crippen LogP contribution in [0.5, 0.6) is 0 Å². The van der Waals surface area contributed by atoms with E-state index in [1.54, 1.807) is 6.07 Å². The highest BCUT2D eigenvalue weighted by Crippen LogP contribution is 2.31. The number of carbonyl (C=O) groups is 1. The first-order valence-electron chi connectivity index (χ1n) is 6.74. The van der Waals surface area contributed by atoms with Gasteiger partial charge in [-0.05, 0) is 43.4 Å². The number of rotatable bonds is 3. The highest BCUT2D eigenvalue weighted by molar-refractivity contribution is 5.83. The Balaban J connectivity index is 1.65. The third-order valence-corrected chi connectivity index (χ3v) is 4.20. The lowest BCUT2D eigenvalue weighted by molar-refractivity contribution is -0.123. The Hall–Kier alpha value is -1.22. The maximum Gasteiger partial charge on any atom is 0.140 e. The number of ketones is 1. The molecule has 2 nitrogen and oxygen atoms in total. The van der Waals surface area contributed by atoms with Gasteiger partial charge in [-0.15, -0.1) is 0 Å². The van der Waals surface area contributed by atoms with Crippen LogP contribution in [-0.4, -0.2) is 17.9 Å². The van der Waals surface area contributed by atoms with Crippen LogP contribution in [0.2, 0.25) is 0 Å². The molecule has 2 atom stereocenters. The second-order valence-corrected chi connectivity index (χ2v) is 5.58. The van der Waals surface area contributed by atoms with Crippen molar-refractivity contribution >= 4 is 5.78 Å². The van der Waals surface area contributed by atoms with Gasteiger partial charge in [0.1, 0.15) is 11.6 Å². The summed E-state index contributed by atoms with van der Waals surface area (Å²) in [6.07, 6.45) is 4.71. The summed E-state index contributed by atoms with van der Waals surface area (Å²) in [6, 6.07) is 7.45. The SMILES string of the molecule is O=C(Cc1cccc(F)c1)C1CC2CCC(C1)N2. The van der Waals surface area contributed by atoms with E-state index in [0.717, 1.165) is 18.4 Å². The van der Waals surface area contributed by atoms with Crippen molar-refractivity contribution in [3.63, 3.8) is 0 Å². The van der Waals surface area contributed by atoms with Gasteiger partial charge in [0, 0.05) is 24.4 Å². The largest absolute Gasteiger partial charge is 0.311 e. The molecule has 2 aliphatic rings. The zero-order chi connectivity index (χ0) is 12.5. The fraction of sp³-hybridized carbons (Fsp3) is 0.533. The number of piperidine rings is 1. The molecule has 0 spiro atoms. The predicted octanol–water partition coefficient (Wildman–Crippen LogP) is 2.47. The highest BCUT2D eigenvalue weighted by atomic mass is 19.1. The second-order valence-electron chi connectivity index (χ2n) is 5.58. The van der Waals surface area contributed by atoms with Gasteiger partial charge >= 0.3 is 0 Å². The predicted molar refractivity (Wildman–Crippen MR) is 67.8 cm³/mol. The van der Waals surface area contributed by atoms with Crippen molar-refractivity contribution in [1.29, 1.82) is 0 Å². The number of nitrogens with one attached hydrogen (secondary N) is 1. The van der Waals surface area contributed by atoms with Crippen LogP contribution in [0.25, 0.3) is 0 Å². The molecule has 2 aliphatic heterocycles. The molecule has 2 unspecified atom stereocenters. The minimum absolute atomic E-state index is 0.173. The van der Waals surface area contributed by atoms with Gasteiger partial charge in [-0.2, -0.15) is 0 Å². The summed E-state index contributed by atoms with van der Waals surface area (Å²) in [5.74, 6) is 0.191. The maximum absolute atomic E-state index is 13.1. The van der Waals surface area contributed by atoms with E-state index in [9.17, 15) is 9.18 Å². The summed E-state index contributed by atoms with van der Waals surface area (Å²) < 4.78 is 13.1. The lowest BCUT2D eigenvalue weighted by Crippen LogP contribution is -2.40. The highest BCUT2D eigenvalue weighted by Gasteiger charge is 2.36. The minimum atomic E-state index is -0.259. The standard InChI is InChI=1S/C15H18FNO/c16-12-3-1-2-10(6-12)7-15(18)11-8-13-4-5-14(9-11)17-13/h1-3,6,11,13-14,17H,4-5,7-9H2. The Kier molecular flexibility index (Phi) is 3.16. The summed E-state index contributed by atoms with van der Waals surface area (Å²) in [7, 11) is 0. The topological polar surface area (TPSA) is 29.1 Å². The number of hydrogen-bond acceptors (Lipinski definition) is 2. The fourth-order valence-electron chi connectivity index (χ4n) is 3.31. The molecular weight excluding hydrogens is 229 g/mol. The summed E-state index contributed by atoms with van der Waals surface area (Å²) in [4.78, 5) is 12.2. The van der Waals surface area contributed by atoms with Gasteiger partial charge in [0.15, 0.2) is 0 Å². The maximum atomic E-state index is 13.1. The van der Waals surface area contributed by atoms with Gasteiger partial charge in [-0.1, -0.05) is 12.1 Å². The molecule has 2 fully saturated rings. The third kappa shape index (κ3) is 2.46. The van der Waals surface area contributed by atoms with Gasteiger partial charge in [0.25, 0.3) is 0 Å². The molecule has 0 aliphatic carbocycles. The van der Waals surface area contributed by atoms with Crippen molar-refractivity contribution < 1.29 is 9.18 Å². The molecule has 0 radical (unpaired) electrons. The first kappa shape index (κ1) is 11.8. The van der Waals surface area contributed by atoms with Crippen LogP contribution >= 0.6 is 0 Å². The van der Waals surface area contributed by atoms with Crippen molar-refractivity contribution in [2.45, 2.75) is 44.2 Å². The Morgan fingerprint density at radius 1 is 1.28 bits per heavy atom. The summed E-state index contributed by atoms with van der Waals surface area (Å²) >= 11 is 0. The second kappa shape index (κ2) is 4.81. The van der Waals surface area contributed by atoms with E-state index < -0.39 is 0 Å². The number of Topliss-reactive ketones (excluding diaryl/α,β-unsaturated/α-hetero) is 1. The molecule has 2 saturated heterocycles. The van der Waals surface area contributed by atoms with Crippen LogP contribution in [0.15, 0.2) is 24.3 Å². The van der Waals surface area contributed by atoms with E-state index in [1.165, 1.54) is 25.0 Å². The number of hydrogen-bond donors (Lipinski definition) is 1. The minimum Gasteiger partial charge on any atom is -0.311 e. The molecular formula is C15H18FNO. The van der Waals surface area contributed by atoms with Crippen molar-refractivity contribution in [3.05, 3.63) is 35.6 Å². The molecule has 2 heterocycles. The molecule has 3 rings (SSSR count). The first-order valence-corrected chi connectivity index (χ1v) is 6.74. The Labute approximate surface area is 107 Å². The van der Waals surface area contributed by atoms with Gasteiger partial charge in [0.05, 0.1) is 0 Å². The normalized spacial score (nSPS) is 30.4. The van der Waals surface area contributed by atoms with Crippen LogP contribution in [-0.2, 0) is 11.2 Å². The quantitative estimate of drug-likeness (QED) is 0.889. The molecule has 96 valence electrons. The van der Waals surface area contributed by atoms with Crippen molar-refractivity contribution in [3.8, 4) is 0 Å². The molecule has 0 aromatic heterocycles. The zero-order valence-corrected chi connectivity index (χ0v) is 10.4. The van der Waals surface area contributed by atoms with Crippen LogP contribution < -0.4 is 5.32 Å². The van der Waals surface area contributed by atoms with Crippen LogP contribution in [0.4, 0.5) is 4.39 Å². The molecule has 2 bridgehead atoms. The zero-order valence-electron chi connectivity index (χ0n) is 10.4. The third-order valence-electron chi connectivity index (χ3n) is 4.20. The molecule has 0 amide bonds. The molecule has 1 aromatic rings. The lowest BCUT2D eigenvalue weighted by Gasteiger charge is -2.28. The van der Waals surface area contributed by atoms with Gasteiger partial charge < -0.3 is 5.32 Å². The Morgan fingerprint density at radius 2 is 2.00 bits per heavy atom. The average molecular weight is 247 g/mol. The van der Waals surface area contributed by atoms with E-state index in [1.807, 2.05) is 6.07 Å². The molecule has 18 heavy (non-hydrogen) atoms. The van der Waals surface area contributed by atoms with E-state index in [0.29, 0.717) is 18.5 Å². The molecule has 1 aromatic carbocycles. The van der Waals surface area contributed by atoms with E-state index in [2.05, 4.69) is 5.32 Å². The van der Waals surface area contributed by atoms with Gasteiger partial charge in [-0.25, -0.2) is 4.39 Å². The van der Waals surface area contributed by atoms with Crippen LogP contribution in [0, 0.1) is 11.7 Å². The Bertz CT molecular complexity index is 448. The van der Waals surface area contributed by atoms with E-state index in [4.69, 9.17) is 0 Å². The van der Waals surface area contributed by atoms with Crippen molar-refractivity contribution in [2.24, 2.45) is 5.92 Å². The molecule has 1 N–H and O–H groups in total. The van der Waals surface area contributed by atoms with Gasteiger partial charge in [0.2, 0.25) is 0 Å². The lowest BCUT2D eigenvalue weighted by atomic mass is 9.86. The molecule has 3 heteroatoms.